The van der Waals surface area contributed by atoms with Gasteiger partial charge in [0.1, 0.15) is 11.2 Å². The van der Waals surface area contributed by atoms with Crippen LogP contribution in [0.25, 0.3) is 22.4 Å². The Balaban J connectivity index is 1.58. The molecule has 1 aliphatic heterocycles. The molecule has 5 rings (SSSR count). The average Bonchev–Trinajstić information content (AvgIpc) is 3.43. The van der Waals surface area contributed by atoms with Crippen LogP contribution in [0, 0.1) is 10.1 Å². The second-order valence-electron chi connectivity index (χ2n) is 8.28. The van der Waals surface area contributed by atoms with Gasteiger partial charge in [-0.05, 0) is 61.4 Å². The van der Waals surface area contributed by atoms with Crippen LogP contribution in [-0.2, 0) is 6.54 Å². The fourth-order valence-corrected chi connectivity index (χ4v) is 6.67. The van der Waals surface area contributed by atoms with E-state index in [2.05, 4.69) is 90.1 Å². The summed E-state index contributed by atoms with van der Waals surface area (Å²) >= 11 is 3.57. The van der Waals surface area contributed by atoms with Gasteiger partial charge in [0.2, 0.25) is 5.52 Å². The molecular weight excluding hydrogens is 486 g/mol. The summed E-state index contributed by atoms with van der Waals surface area (Å²) in [6.45, 7) is 6.10. The van der Waals surface area contributed by atoms with Crippen LogP contribution in [0.3, 0.4) is 0 Å². The van der Waals surface area contributed by atoms with Gasteiger partial charge < -0.3 is 4.90 Å². The summed E-state index contributed by atoms with van der Waals surface area (Å²) in [6, 6.07) is 23.6. The molecule has 0 radical (unpaired) electrons. The van der Waals surface area contributed by atoms with E-state index in [4.69, 9.17) is 0 Å². The molecule has 2 heterocycles. The van der Waals surface area contributed by atoms with E-state index >= 15 is 0 Å². The van der Waals surface area contributed by atoms with Gasteiger partial charge in [-0.15, -0.1) is 0 Å². The Labute approximate surface area is 218 Å². The Morgan fingerprint density at radius 1 is 1.03 bits per heavy atom. The molecule has 4 aromatic rings. The number of rotatable bonds is 7. The zero-order valence-electron chi connectivity index (χ0n) is 20.1. The number of nitro benzene ring substituents is 1. The lowest BCUT2D eigenvalue weighted by Gasteiger charge is -2.18. The van der Waals surface area contributed by atoms with E-state index in [-0.39, 0.29) is 10.6 Å². The Bertz CT molecular complexity index is 1520. The summed E-state index contributed by atoms with van der Waals surface area (Å²) in [5.74, 6) is 0. The third-order valence-corrected chi connectivity index (χ3v) is 8.28. The number of non-ortho nitro benzene ring substituents is 1. The summed E-state index contributed by atoms with van der Waals surface area (Å²) < 4.78 is 3.60. The molecule has 0 bridgehead atoms. The standard InChI is InChI=1S/C29H26N3O2S2/c1-3-30-24-9-5-7-11-26(24)35-28(30)19-22(14-13-21-15-17-23(18-16-21)32(33)34)20-29-31(4-2)25-10-6-8-12-27(25)36-29/h5-20H,3-4H2,1-2H3/q+1/b14-13+. The Kier molecular flexibility index (Phi) is 7.02. The zero-order valence-corrected chi connectivity index (χ0v) is 21.8. The molecule has 0 atom stereocenters. The van der Waals surface area contributed by atoms with Crippen molar-refractivity contribution < 1.29 is 9.49 Å². The molecule has 0 unspecified atom stereocenters. The van der Waals surface area contributed by atoms with Crippen LogP contribution in [0.15, 0.2) is 100 Å². The first-order valence-corrected chi connectivity index (χ1v) is 13.5. The second-order valence-corrected chi connectivity index (χ2v) is 10.4. The van der Waals surface area contributed by atoms with Crippen molar-refractivity contribution in [1.29, 1.82) is 0 Å². The number of fused-ring (bicyclic) bond motifs is 2. The molecule has 1 aliphatic rings. The molecule has 1 aromatic heterocycles. The molecule has 7 heteroatoms. The van der Waals surface area contributed by atoms with E-state index in [0.29, 0.717) is 0 Å². The maximum atomic E-state index is 11.0. The predicted octanol–water partition coefficient (Wildman–Crippen LogP) is 7.69. The highest BCUT2D eigenvalue weighted by molar-refractivity contribution is 8.03. The number of nitro groups is 1. The molecule has 0 saturated heterocycles. The van der Waals surface area contributed by atoms with Gasteiger partial charge in [0, 0.05) is 35.7 Å². The lowest BCUT2D eigenvalue weighted by Crippen LogP contribution is -2.33. The van der Waals surface area contributed by atoms with E-state index in [9.17, 15) is 10.1 Å². The van der Waals surface area contributed by atoms with Crippen LogP contribution < -0.4 is 9.47 Å². The highest BCUT2D eigenvalue weighted by Gasteiger charge is 2.24. The molecule has 0 fully saturated rings. The first kappa shape index (κ1) is 24.0. The Morgan fingerprint density at radius 2 is 1.78 bits per heavy atom. The maximum Gasteiger partial charge on any atom is 0.269 e. The molecule has 5 nitrogen and oxygen atoms in total. The third kappa shape index (κ3) is 4.85. The van der Waals surface area contributed by atoms with Crippen molar-refractivity contribution in [2.75, 3.05) is 11.4 Å². The molecule has 0 spiro atoms. The minimum atomic E-state index is -0.372. The lowest BCUT2D eigenvalue weighted by atomic mass is 10.1. The van der Waals surface area contributed by atoms with Crippen molar-refractivity contribution in [3.63, 3.8) is 0 Å². The number of aromatic nitrogens is 1. The van der Waals surface area contributed by atoms with Gasteiger partial charge in [0.15, 0.2) is 0 Å². The third-order valence-electron chi connectivity index (χ3n) is 6.06. The number of thiazole rings is 1. The minimum absolute atomic E-state index is 0.0954. The number of thioether (sulfide) groups is 1. The molecule has 3 aromatic carbocycles. The van der Waals surface area contributed by atoms with Gasteiger partial charge in [0.05, 0.1) is 15.6 Å². The number of anilines is 1. The largest absolute Gasteiger partial charge is 0.335 e. The molecule has 0 amide bonds. The van der Waals surface area contributed by atoms with Gasteiger partial charge in [-0.2, -0.15) is 4.57 Å². The van der Waals surface area contributed by atoms with Crippen LogP contribution in [0.1, 0.15) is 24.4 Å². The van der Waals surface area contributed by atoms with Crippen LogP contribution in [0.2, 0.25) is 0 Å². The number of hydrogen-bond donors (Lipinski definition) is 0. The normalized spacial score (nSPS) is 14.8. The van der Waals surface area contributed by atoms with E-state index in [1.54, 1.807) is 47.4 Å². The number of aryl methyl sites for hydroxylation is 1. The van der Waals surface area contributed by atoms with E-state index < -0.39 is 0 Å². The second kappa shape index (κ2) is 10.5. The zero-order chi connectivity index (χ0) is 25.1. The summed E-state index contributed by atoms with van der Waals surface area (Å²) in [6.07, 6.45) is 8.58. The van der Waals surface area contributed by atoms with E-state index in [1.165, 1.54) is 30.8 Å². The lowest BCUT2D eigenvalue weighted by molar-refractivity contribution is -0.665. The van der Waals surface area contributed by atoms with Crippen molar-refractivity contribution in [3.05, 3.63) is 116 Å². The highest BCUT2D eigenvalue weighted by Crippen LogP contribution is 2.46. The van der Waals surface area contributed by atoms with Crippen molar-refractivity contribution in [3.8, 4) is 0 Å². The fraction of sp³-hybridized carbons (Fsp3) is 0.138. The number of nitrogens with zero attached hydrogens (tertiary/aromatic N) is 3. The van der Waals surface area contributed by atoms with Crippen LogP contribution in [0.5, 0.6) is 0 Å². The topological polar surface area (TPSA) is 50.3 Å². The van der Waals surface area contributed by atoms with Crippen LogP contribution in [0.4, 0.5) is 11.4 Å². The Morgan fingerprint density at radius 3 is 2.53 bits per heavy atom. The fourth-order valence-electron chi connectivity index (χ4n) is 4.30. The van der Waals surface area contributed by atoms with Crippen LogP contribution >= 0.6 is 23.1 Å². The summed E-state index contributed by atoms with van der Waals surface area (Å²) in [5, 5.41) is 13.4. The molecule has 0 saturated carbocycles. The molecule has 0 N–H and O–H groups in total. The van der Waals surface area contributed by atoms with Gasteiger partial charge in [-0.3, -0.25) is 10.1 Å². The number of allylic oxidation sites excluding steroid dienone is 3. The predicted molar refractivity (Wildman–Crippen MR) is 151 cm³/mol. The van der Waals surface area contributed by atoms with Gasteiger partial charge in [0.25, 0.3) is 10.7 Å². The Hall–Kier alpha value is -3.68. The maximum absolute atomic E-state index is 11.0. The van der Waals surface area contributed by atoms with Crippen molar-refractivity contribution >= 4 is 56.8 Å². The quantitative estimate of drug-likeness (QED) is 0.110. The first-order chi connectivity index (χ1) is 17.6. The number of benzene rings is 3. The molecule has 36 heavy (non-hydrogen) atoms. The van der Waals surface area contributed by atoms with Crippen molar-refractivity contribution in [1.82, 2.24) is 0 Å². The summed E-state index contributed by atoms with van der Waals surface area (Å²) in [4.78, 5) is 14.3. The van der Waals surface area contributed by atoms with Crippen molar-refractivity contribution in [2.45, 2.75) is 25.3 Å². The molecule has 0 aliphatic carbocycles. The van der Waals surface area contributed by atoms with Gasteiger partial charge in [-0.25, -0.2) is 0 Å². The smallest absolute Gasteiger partial charge is 0.269 e. The first-order valence-electron chi connectivity index (χ1n) is 11.9. The van der Waals surface area contributed by atoms with Gasteiger partial charge in [-0.1, -0.05) is 59.5 Å². The number of para-hydroxylation sites is 2. The van der Waals surface area contributed by atoms with Gasteiger partial charge >= 0.3 is 0 Å². The highest BCUT2D eigenvalue weighted by atomic mass is 32.2. The van der Waals surface area contributed by atoms with E-state index in [0.717, 1.165) is 24.2 Å². The average molecular weight is 513 g/mol. The number of hydrogen-bond acceptors (Lipinski definition) is 5. The van der Waals surface area contributed by atoms with E-state index in [1.807, 2.05) is 6.08 Å². The van der Waals surface area contributed by atoms with Crippen molar-refractivity contribution in [2.24, 2.45) is 0 Å². The SMILES string of the molecule is CCN1/C(=C/C(=C\c2sc3ccccc3[n+]2CC)/C=C/c2ccc([N+](=O)[O-])cc2)Sc2ccccc21. The minimum Gasteiger partial charge on any atom is -0.335 e. The molecular formula is C29H26N3O2S2+. The van der Waals surface area contributed by atoms with Crippen LogP contribution in [-0.4, -0.2) is 11.5 Å². The molecule has 180 valence electrons. The summed E-state index contributed by atoms with van der Waals surface area (Å²) in [7, 11) is 0. The monoisotopic (exact) mass is 512 g/mol. The summed E-state index contributed by atoms with van der Waals surface area (Å²) in [5.41, 5.74) is 4.55.